The minimum atomic E-state index is -0.197. The third kappa shape index (κ3) is 5.41. The zero-order valence-electron chi connectivity index (χ0n) is 24.1. The molecule has 0 bridgehead atoms. The molecule has 0 radical (unpaired) electrons. The van der Waals surface area contributed by atoms with Gasteiger partial charge in [0.05, 0.1) is 18.7 Å². The number of carbonyl (C=O) groups is 1. The van der Waals surface area contributed by atoms with Crippen molar-refractivity contribution in [2.75, 3.05) is 31.2 Å². The van der Waals surface area contributed by atoms with E-state index in [2.05, 4.69) is 58.9 Å². The summed E-state index contributed by atoms with van der Waals surface area (Å²) in [5, 5.41) is 4.14. The lowest BCUT2D eigenvalue weighted by Gasteiger charge is -2.27. The van der Waals surface area contributed by atoms with E-state index in [0.29, 0.717) is 24.3 Å². The van der Waals surface area contributed by atoms with Crippen LogP contribution in [0.15, 0.2) is 47.5 Å². The molecule has 0 unspecified atom stereocenters. The topological polar surface area (TPSA) is 92.2 Å². The third-order valence-electron chi connectivity index (χ3n) is 7.76. The van der Waals surface area contributed by atoms with Crippen molar-refractivity contribution in [2.24, 2.45) is 0 Å². The zero-order chi connectivity index (χ0) is 28.4. The number of nitrogens with one attached hydrogen (secondary N) is 2. The van der Waals surface area contributed by atoms with Gasteiger partial charge < -0.3 is 24.5 Å². The molecule has 2 N–H and O–H groups in total. The lowest BCUT2D eigenvalue weighted by molar-refractivity contribution is 0.0950. The number of amides is 1. The molecule has 3 aromatic heterocycles. The highest BCUT2D eigenvalue weighted by Gasteiger charge is 2.21. The van der Waals surface area contributed by atoms with Crippen LogP contribution in [0.2, 0.25) is 0 Å². The molecule has 1 aliphatic heterocycles. The summed E-state index contributed by atoms with van der Waals surface area (Å²) in [7, 11) is 0. The van der Waals surface area contributed by atoms with Gasteiger partial charge in [0.15, 0.2) is 0 Å². The van der Waals surface area contributed by atoms with Gasteiger partial charge in [-0.05, 0) is 81.1 Å². The standard InChI is InChI=1S/C32H39N5O3/c1-6-7-23-16-21(4)35-32(39)28(23)19-34-31(38)26-17-27(25-10-11-37(20(2)3)30(25)22(26)5)24-8-9-29(33-18-24)36-12-14-40-15-13-36/h8-11,16-18,20H,6-7,12-15,19H2,1-5H3,(H,34,38)(H,35,39). The van der Waals surface area contributed by atoms with Crippen molar-refractivity contribution in [2.45, 2.75) is 60.0 Å². The number of H-pyrrole nitrogens is 1. The molecule has 1 amide bonds. The number of morpholine rings is 1. The molecule has 0 saturated carbocycles. The van der Waals surface area contributed by atoms with E-state index in [9.17, 15) is 9.59 Å². The molecule has 8 nitrogen and oxygen atoms in total. The molecule has 0 spiro atoms. The lowest BCUT2D eigenvalue weighted by Crippen LogP contribution is -2.36. The SMILES string of the molecule is CCCc1cc(C)[nH]c(=O)c1CNC(=O)c1cc(-c2ccc(N3CCOCC3)nc2)c2ccn(C(C)C)c2c1C. The Bertz CT molecular complexity index is 1580. The first-order valence-corrected chi connectivity index (χ1v) is 14.2. The van der Waals surface area contributed by atoms with E-state index in [4.69, 9.17) is 9.72 Å². The number of ether oxygens (including phenoxy) is 1. The van der Waals surface area contributed by atoms with Crippen LogP contribution in [0.3, 0.4) is 0 Å². The Morgan fingerprint density at radius 3 is 2.60 bits per heavy atom. The summed E-state index contributed by atoms with van der Waals surface area (Å²) in [4.78, 5) is 36.4. The van der Waals surface area contributed by atoms with Gasteiger partial charge in [-0.15, -0.1) is 0 Å². The Labute approximate surface area is 235 Å². The Morgan fingerprint density at radius 2 is 1.93 bits per heavy atom. The molecule has 1 aliphatic rings. The second kappa shape index (κ2) is 11.7. The van der Waals surface area contributed by atoms with Crippen LogP contribution in [0.1, 0.15) is 66.0 Å². The van der Waals surface area contributed by atoms with Gasteiger partial charge in [0.25, 0.3) is 11.5 Å². The number of pyridine rings is 2. The van der Waals surface area contributed by atoms with E-state index in [-0.39, 0.29) is 24.1 Å². The summed E-state index contributed by atoms with van der Waals surface area (Å²) in [5.41, 5.74) is 6.76. The van der Waals surface area contributed by atoms with E-state index >= 15 is 0 Å². The number of aryl methyl sites for hydroxylation is 3. The summed E-state index contributed by atoms with van der Waals surface area (Å²) >= 11 is 0. The zero-order valence-corrected chi connectivity index (χ0v) is 24.1. The first-order valence-electron chi connectivity index (χ1n) is 14.2. The van der Waals surface area contributed by atoms with E-state index < -0.39 is 0 Å². The van der Waals surface area contributed by atoms with Crippen molar-refractivity contribution < 1.29 is 9.53 Å². The molecule has 210 valence electrons. The van der Waals surface area contributed by atoms with Gasteiger partial charge in [-0.1, -0.05) is 13.3 Å². The van der Waals surface area contributed by atoms with Crippen molar-refractivity contribution in [1.82, 2.24) is 19.9 Å². The molecule has 4 heterocycles. The fourth-order valence-electron chi connectivity index (χ4n) is 5.68. The highest BCUT2D eigenvalue weighted by molar-refractivity contribution is 6.06. The Morgan fingerprint density at radius 1 is 1.15 bits per heavy atom. The normalized spacial score (nSPS) is 13.8. The first kappa shape index (κ1) is 27.6. The van der Waals surface area contributed by atoms with Crippen LogP contribution < -0.4 is 15.8 Å². The number of fused-ring (bicyclic) bond motifs is 1. The summed E-state index contributed by atoms with van der Waals surface area (Å²) in [6, 6.07) is 10.5. The van der Waals surface area contributed by atoms with Crippen LogP contribution in [0.25, 0.3) is 22.0 Å². The molecule has 5 rings (SSSR count). The van der Waals surface area contributed by atoms with Crippen LogP contribution >= 0.6 is 0 Å². The molecule has 4 aromatic rings. The fraction of sp³-hybridized carbons (Fsp3) is 0.406. The van der Waals surface area contributed by atoms with Crippen LogP contribution in [0, 0.1) is 13.8 Å². The molecular formula is C32H39N5O3. The maximum Gasteiger partial charge on any atom is 0.253 e. The van der Waals surface area contributed by atoms with E-state index in [1.807, 2.05) is 38.2 Å². The molecule has 0 aliphatic carbocycles. The van der Waals surface area contributed by atoms with Crippen LogP contribution in [-0.2, 0) is 17.7 Å². The van der Waals surface area contributed by atoms with E-state index in [1.165, 1.54) is 0 Å². The Kier molecular flexibility index (Phi) is 8.07. The van der Waals surface area contributed by atoms with Gasteiger partial charge in [-0.25, -0.2) is 4.98 Å². The van der Waals surface area contributed by atoms with Crippen LogP contribution in [-0.4, -0.2) is 46.7 Å². The maximum atomic E-state index is 13.7. The minimum Gasteiger partial charge on any atom is -0.378 e. The number of hydrogen-bond donors (Lipinski definition) is 2. The summed E-state index contributed by atoms with van der Waals surface area (Å²) < 4.78 is 7.69. The van der Waals surface area contributed by atoms with Crippen LogP contribution in [0.4, 0.5) is 5.82 Å². The number of benzene rings is 1. The smallest absolute Gasteiger partial charge is 0.253 e. The molecule has 40 heavy (non-hydrogen) atoms. The summed E-state index contributed by atoms with van der Waals surface area (Å²) in [6.07, 6.45) is 5.70. The number of aromatic nitrogens is 3. The number of anilines is 1. The maximum absolute atomic E-state index is 13.7. The Balaban J connectivity index is 1.52. The fourth-order valence-corrected chi connectivity index (χ4v) is 5.68. The molecule has 1 aromatic carbocycles. The molecule has 0 atom stereocenters. The summed E-state index contributed by atoms with van der Waals surface area (Å²) in [5.74, 6) is 0.733. The van der Waals surface area contributed by atoms with Gasteiger partial charge in [0.2, 0.25) is 0 Å². The van der Waals surface area contributed by atoms with Crippen LogP contribution in [0.5, 0.6) is 0 Å². The van der Waals surface area contributed by atoms with E-state index in [1.54, 1.807) is 0 Å². The van der Waals surface area contributed by atoms with Gasteiger partial charge >= 0.3 is 0 Å². The quantitative estimate of drug-likeness (QED) is 0.316. The largest absolute Gasteiger partial charge is 0.378 e. The Hall–Kier alpha value is -3.91. The lowest BCUT2D eigenvalue weighted by atomic mass is 9.95. The molecule has 1 fully saturated rings. The minimum absolute atomic E-state index is 0.142. The second-order valence-corrected chi connectivity index (χ2v) is 10.9. The van der Waals surface area contributed by atoms with Gasteiger partial charge in [-0.3, -0.25) is 9.59 Å². The number of hydrogen-bond acceptors (Lipinski definition) is 5. The highest BCUT2D eigenvalue weighted by atomic mass is 16.5. The highest BCUT2D eigenvalue weighted by Crippen LogP contribution is 2.35. The number of rotatable bonds is 8. The van der Waals surface area contributed by atoms with Gasteiger partial charge in [-0.2, -0.15) is 0 Å². The monoisotopic (exact) mass is 541 g/mol. The number of aromatic amines is 1. The van der Waals surface area contributed by atoms with Crippen molar-refractivity contribution in [3.05, 3.63) is 81.0 Å². The molecule has 1 saturated heterocycles. The first-order chi connectivity index (χ1) is 19.3. The molecular weight excluding hydrogens is 502 g/mol. The van der Waals surface area contributed by atoms with Gasteiger partial charge in [0, 0.05) is 65.8 Å². The van der Waals surface area contributed by atoms with Crippen molar-refractivity contribution in [1.29, 1.82) is 0 Å². The predicted molar refractivity (Wildman–Crippen MR) is 160 cm³/mol. The second-order valence-electron chi connectivity index (χ2n) is 10.9. The number of nitrogens with zero attached hydrogens (tertiary/aromatic N) is 3. The predicted octanol–water partition coefficient (Wildman–Crippen LogP) is 5.31. The third-order valence-corrected chi connectivity index (χ3v) is 7.76. The van der Waals surface area contributed by atoms with Crippen molar-refractivity contribution in [3.8, 4) is 11.1 Å². The van der Waals surface area contributed by atoms with Crippen molar-refractivity contribution in [3.63, 3.8) is 0 Å². The molecule has 8 heteroatoms. The van der Waals surface area contributed by atoms with E-state index in [0.717, 1.165) is 70.6 Å². The number of carbonyl (C=O) groups excluding carboxylic acids is 1. The van der Waals surface area contributed by atoms with Gasteiger partial charge in [0.1, 0.15) is 5.82 Å². The summed E-state index contributed by atoms with van der Waals surface area (Å²) in [6.45, 7) is 13.5. The van der Waals surface area contributed by atoms with Crippen molar-refractivity contribution >= 4 is 22.6 Å². The average Bonchev–Trinajstić information content (AvgIpc) is 3.40. The average molecular weight is 542 g/mol.